The minimum absolute atomic E-state index is 0.00701. The van der Waals surface area contributed by atoms with Gasteiger partial charge in [0.25, 0.3) is 0 Å². The molecule has 2 aromatic carbocycles. The van der Waals surface area contributed by atoms with E-state index in [1.165, 1.54) is 21.9 Å². The van der Waals surface area contributed by atoms with Gasteiger partial charge in [-0.1, -0.05) is 23.7 Å². The molecule has 3 aliphatic heterocycles. The molecule has 0 radical (unpaired) electrons. The first kappa shape index (κ1) is 28.8. The number of nitrogens with one attached hydrogen (secondary N) is 3. The van der Waals surface area contributed by atoms with Gasteiger partial charge in [0, 0.05) is 44.0 Å². The van der Waals surface area contributed by atoms with E-state index in [0.29, 0.717) is 47.4 Å². The molecule has 2 saturated heterocycles. The van der Waals surface area contributed by atoms with E-state index in [2.05, 4.69) is 20.8 Å². The van der Waals surface area contributed by atoms with Crippen LogP contribution in [0.3, 0.4) is 0 Å². The number of carbonyl (C=O) groups is 4. The van der Waals surface area contributed by atoms with Crippen LogP contribution in [0.4, 0.5) is 22.8 Å². The monoisotopic (exact) mass is 617 g/mol. The third-order valence-electron chi connectivity index (χ3n) is 8.24. The first-order valence-corrected chi connectivity index (χ1v) is 14.1. The maximum absolute atomic E-state index is 13.9. The van der Waals surface area contributed by atoms with Crippen molar-refractivity contribution in [3.05, 3.63) is 63.8 Å². The van der Waals surface area contributed by atoms with Crippen molar-refractivity contribution in [2.75, 3.05) is 19.6 Å². The van der Waals surface area contributed by atoms with Crippen molar-refractivity contribution in [2.24, 2.45) is 0 Å². The number of hydrogen-bond acceptors (Lipinski definition) is 5. The van der Waals surface area contributed by atoms with Gasteiger partial charge in [-0.25, -0.2) is 9.59 Å². The number of carbonyl (C=O) groups excluding carboxylic acids is 4. The molecule has 3 aromatic rings. The highest BCUT2D eigenvalue weighted by atomic mass is 35.5. The van der Waals surface area contributed by atoms with Gasteiger partial charge in [-0.05, 0) is 47.7 Å². The third-order valence-corrected chi connectivity index (χ3v) is 8.54. The Labute approximate surface area is 248 Å². The van der Waals surface area contributed by atoms with Crippen molar-refractivity contribution in [3.63, 3.8) is 0 Å². The summed E-state index contributed by atoms with van der Waals surface area (Å²) in [5, 5.41) is 13.2. The largest absolute Gasteiger partial charge is 0.416 e. The highest BCUT2D eigenvalue weighted by molar-refractivity contribution is 6.35. The first-order valence-electron chi connectivity index (χ1n) is 13.7. The van der Waals surface area contributed by atoms with Gasteiger partial charge in [-0.3, -0.25) is 20.0 Å². The van der Waals surface area contributed by atoms with Crippen LogP contribution in [-0.2, 0) is 35.3 Å². The molecule has 0 saturated carbocycles. The number of urea groups is 2. The van der Waals surface area contributed by atoms with E-state index in [4.69, 9.17) is 11.6 Å². The van der Waals surface area contributed by atoms with Crippen LogP contribution in [0.25, 0.3) is 10.9 Å². The van der Waals surface area contributed by atoms with Crippen molar-refractivity contribution in [3.8, 4) is 0 Å². The average molecular weight is 618 g/mol. The molecule has 2 fully saturated rings. The van der Waals surface area contributed by atoms with Crippen LogP contribution in [0.5, 0.6) is 0 Å². The molecule has 226 valence electrons. The summed E-state index contributed by atoms with van der Waals surface area (Å²) in [6.45, 7) is 0.794. The number of aromatic amines is 1. The van der Waals surface area contributed by atoms with Gasteiger partial charge < -0.3 is 20.0 Å². The molecule has 3 N–H and O–H groups in total. The summed E-state index contributed by atoms with van der Waals surface area (Å²) in [7, 11) is 0. The molecule has 1 atom stereocenters. The summed E-state index contributed by atoms with van der Waals surface area (Å²) in [5.41, 5.74) is 1.84. The Morgan fingerprint density at radius 3 is 2.47 bits per heavy atom. The Morgan fingerprint density at radius 1 is 1.09 bits per heavy atom. The van der Waals surface area contributed by atoms with Crippen LogP contribution in [0.1, 0.15) is 35.1 Å². The van der Waals surface area contributed by atoms with Gasteiger partial charge in [-0.15, -0.1) is 0 Å². The number of likely N-dealkylation sites (tertiary alicyclic amines) is 1. The molecule has 11 nitrogen and oxygen atoms in total. The Balaban J connectivity index is 1.22. The topological polar surface area (TPSA) is 131 Å². The van der Waals surface area contributed by atoms with E-state index >= 15 is 0 Å². The molecular weight excluding hydrogens is 591 g/mol. The molecule has 0 unspecified atom stereocenters. The highest BCUT2D eigenvalue weighted by Crippen LogP contribution is 2.33. The molecule has 0 spiro atoms. The SMILES string of the molecule is O=C1CN(C2CCN(C(=O)N[C@@H]3Cc4cc(Cl)c5[nH]ncc5c4CN(Cc4ccc(C(F)(F)F)cc4)C3=O)CC2)C(=O)N1. The number of alkyl halides is 3. The molecule has 0 aliphatic carbocycles. The number of hydrogen-bond donors (Lipinski definition) is 3. The van der Waals surface area contributed by atoms with Crippen LogP contribution in [0.15, 0.2) is 36.5 Å². The molecule has 4 heterocycles. The zero-order valence-corrected chi connectivity index (χ0v) is 23.5. The first-order chi connectivity index (χ1) is 20.5. The minimum atomic E-state index is -4.48. The van der Waals surface area contributed by atoms with Crippen molar-refractivity contribution in [1.82, 2.24) is 35.5 Å². The van der Waals surface area contributed by atoms with Gasteiger partial charge in [-0.2, -0.15) is 18.3 Å². The molecule has 6 amide bonds. The van der Waals surface area contributed by atoms with E-state index in [1.54, 1.807) is 17.2 Å². The number of H-pyrrole nitrogens is 1. The number of fused-ring (bicyclic) bond motifs is 3. The predicted molar refractivity (Wildman–Crippen MR) is 148 cm³/mol. The summed E-state index contributed by atoms with van der Waals surface area (Å²) in [5.74, 6) is -0.745. The molecule has 3 aliphatic rings. The second-order valence-corrected chi connectivity index (χ2v) is 11.4. The van der Waals surface area contributed by atoms with E-state index in [1.807, 2.05) is 0 Å². The summed E-state index contributed by atoms with van der Waals surface area (Å²) in [6.07, 6.45) is -1.77. The second-order valence-electron chi connectivity index (χ2n) is 10.9. The van der Waals surface area contributed by atoms with Crippen molar-refractivity contribution < 1.29 is 32.3 Å². The average Bonchev–Trinajstić information content (AvgIpc) is 3.57. The van der Waals surface area contributed by atoms with Gasteiger partial charge in [0.2, 0.25) is 11.8 Å². The smallest absolute Gasteiger partial charge is 0.332 e. The lowest BCUT2D eigenvalue weighted by molar-refractivity contribution is -0.137. The van der Waals surface area contributed by atoms with E-state index < -0.39 is 29.8 Å². The lowest BCUT2D eigenvalue weighted by Gasteiger charge is -2.36. The fourth-order valence-electron chi connectivity index (χ4n) is 5.99. The summed E-state index contributed by atoms with van der Waals surface area (Å²) in [6, 6.07) is 4.32. The summed E-state index contributed by atoms with van der Waals surface area (Å²) < 4.78 is 39.3. The number of amides is 6. The standard InChI is InChI=1S/C28H27ClF3N7O4/c29-21-9-16-10-22(34-26(42)37-7-5-18(6-8-37)39-14-23(40)35-27(39)43)25(41)38(13-20(16)19-11-33-36-24(19)21)12-15-1-3-17(4-2-15)28(30,31)32/h1-4,9,11,18,22H,5-8,10,12-14H2,(H,33,36)(H,34,42)(H,35,40,43)/t22-/m1/s1. The van der Waals surface area contributed by atoms with Crippen molar-refractivity contribution in [1.29, 1.82) is 0 Å². The molecular formula is C28H27ClF3N7O4. The second kappa shape index (κ2) is 11.1. The quantitative estimate of drug-likeness (QED) is 0.386. The Morgan fingerprint density at radius 2 is 1.81 bits per heavy atom. The van der Waals surface area contributed by atoms with Crippen LogP contribution < -0.4 is 10.6 Å². The van der Waals surface area contributed by atoms with Crippen LogP contribution in [0, 0.1) is 0 Å². The van der Waals surface area contributed by atoms with Crippen molar-refractivity contribution in [2.45, 2.75) is 50.6 Å². The number of nitrogens with zero attached hydrogens (tertiary/aromatic N) is 4. The lowest BCUT2D eigenvalue weighted by Crippen LogP contribution is -2.55. The Bertz CT molecular complexity index is 1600. The van der Waals surface area contributed by atoms with Crippen LogP contribution in [0.2, 0.25) is 5.02 Å². The summed E-state index contributed by atoms with van der Waals surface area (Å²) >= 11 is 6.49. The molecule has 6 rings (SSSR count). The fourth-order valence-corrected chi connectivity index (χ4v) is 6.26. The highest BCUT2D eigenvalue weighted by Gasteiger charge is 2.37. The maximum atomic E-state index is 13.9. The number of piperidine rings is 1. The molecule has 15 heteroatoms. The van der Waals surface area contributed by atoms with E-state index in [9.17, 15) is 32.3 Å². The molecule has 1 aromatic heterocycles. The van der Waals surface area contributed by atoms with Gasteiger partial charge in [0.1, 0.15) is 12.6 Å². The maximum Gasteiger partial charge on any atom is 0.416 e. The lowest BCUT2D eigenvalue weighted by atomic mass is 9.98. The van der Waals surface area contributed by atoms with Gasteiger partial charge in [0.15, 0.2) is 0 Å². The van der Waals surface area contributed by atoms with Crippen LogP contribution in [-0.4, -0.2) is 80.5 Å². The predicted octanol–water partition coefficient (Wildman–Crippen LogP) is 3.41. The summed E-state index contributed by atoms with van der Waals surface area (Å²) in [4.78, 5) is 55.4. The number of rotatable bonds is 4. The number of benzene rings is 2. The normalized spacial score (nSPS) is 20.0. The molecule has 43 heavy (non-hydrogen) atoms. The Kier molecular flexibility index (Phi) is 7.40. The van der Waals surface area contributed by atoms with Crippen LogP contribution >= 0.6 is 11.6 Å². The minimum Gasteiger partial charge on any atom is -0.332 e. The van der Waals surface area contributed by atoms with E-state index in [-0.39, 0.29) is 43.9 Å². The number of aromatic nitrogens is 2. The Hall–Kier alpha value is -4.33. The third kappa shape index (κ3) is 5.70. The number of imide groups is 1. The van der Waals surface area contributed by atoms with Gasteiger partial charge >= 0.3 is 18.2 Å². The fraction of sp³-hybridized carbons (Fsp3) is 0.393. The van der Waals surface area contributed by atoms with Crippen molar-refractivity contribution >= 4 is 46.4 Å². The van der Waals surface area contributed by atoms with Gasteiger partial charge in [0.05, 0.1) is 22.3 Å². The number of halogens is 4. The molecule has 0 bridgehead atoms. The zero-order chi connectivity index (χ0) is 30.5. The zero-order valence-electron chi connectivity index (χ0n) is 22.7. The van der Waals surface area contributed by atoms with E-state index in [0.717, 1.165) is 23.3 Å².